The molecule has 1 aliphatic rings. The first kappa shape index (κ1) is 19.3. The third-order valence-electron chi connectivity index (χ3n) is 5.62. The van der Waals surface area contributed by atoms with Crippen LogP contribution < -0.4 is 15.4 Å². The van der Waals surface area contributed by atoms with Crippen molar-refractivity contribution in [2.75, 3.05) is 19.0 Å². The molecule has 6 heteroatoms. The van der Waals surface area contributed by atoms with Gasteiger partial charge in [0, 0.05) is 23.3 Å². The second-order valence-corrected chi connectivity index (χ2v) is 7.68. The van der Waals surface area contributed by atoms with Crippen LogP contribution in [-0.4, -0.2) is 25.5 Å². The minimum absolute atomic E-state index is 0.0626. The molecule has 6 nitrogen and oxygen atoms in total. The lowest BCUT2D eigenvalue weighted by Gasteiger charge is -2.20. The van der Waals surface area contributed by atoms with E-state index in [1.165, 1.54) is 19.3 Å². The van der Waals surface area contributed by atoms with Gasteiger partial charge in [-0.05, 0) is 30.9 Å². The van der Waals surface area contributed by atoms with Gasteiger partial charge in [0.2, 0.25) is 11.8 Å². The molecule has 0 aliphatic heterocycles. The summed E-state index contributed by atoms with van der Waals surface area (Å²) >= 11 is 0. The molecule has 1 heterocycles. The van der Waals surface area contributed by atoms with Crippen LogP contribution in [0.2, 0.25) is 0 Å². The second-order valence-electron chi connectivity index (χ2n) is 7.68. The highest BCUT2D eigenvalue weighted by molar-refractivity contribution is 6.08. The van der Waals surface area contributed by atoms with Crippen LogP contribution in [0.15, 0.2) is 40.8 Å². The number of fused-ring (bicyclic) bond motifs is 3. The van der Waals surface area contributed by atoms with E-state index in [9.17, 15) is 9.59 Å². The Balaban J connectivity index is 1.41. The molecule has 1 aliphatic carbocycles. The fourth-order valence-electron chi connectivity index (χ4n) is 4.12. The molecular weight excluding hydrogens is 368 g/mol. The number of carbonyl (C=O) groups excluding carboxylic acids is 2. The summed E-state index contributed by atoms with van der Waals surface area (Å²) in [5.74, 6) is 0.635. The van der Waals surface area contributed by atoms with Gasteiger partial charge in [-0.25, -0.2) is 0 Å². The SMILES string of the molecule is COc1cc2c(cc1NC(=O)CNC(=O)CC1CCCCC1)oc1ccccc12. The van der Waals surface area contributed by atoms with Gasteiger partial charge in [-0.2, -0.15) is 0 Å². The Morgan fingerprint density at radius 2 is 1.83 bits per heavy atom. The largest absolute Gasteiger partial charge is 0.495 e. The molecule has 0 atom stereocenters. The summed E-state index contributed by atoms with van der Waals surface area (Å²) in [6, 6.07) is 11.4. The van der Waals surface area contributed by atoms with E-state index in [2.05, 4.69) is 10.6 Å². The third-order valence-corrected chi connectivity index (χ3v) is 5.62. The summed E-state index contributed by atoms with van der Waals surface area (Å²) in [5.41, 5.74) is 1.97. The van der Waals surface area contributed by atoms with Gasteiger partial charge >= 0.3 is 0 Å². The maximum atomic E-state index is 12.4. The van der Waals surface area contributed by atoms with E-state index in [0.29, 0.717) is 29.4 Å². The van der Waals surface area contributed by atoms with E-state index in [1.54, 1.807) is 13.2 Å². The lowest BCUT2D eigenvalue weighted by atomic mass is 9.87. The van der Waals surface area contributed by atoms with E-state index in [4.69, 9.17) is 9.15 Å². The highest BCUT2D eigenvalue weighted by Gasteiger charge is 2.18. The average Bonchev–Trinajstić information content (AvgIpc) is 3.09. The Morgan fingerprint density at radius 3 is 2.62 bits per heavy atom. The van der Waals surface area contributed by atoms with Gasteiger partial charge in [0.05, 0.1) is 19.3 Å². The van der Waals surface area contributed by atoms with Crippen LogP contribution in [0.4, 0.5) is 5.69 Å². The predicted octanol–water partition coefficient (Wildman–Crippen LogP) is 4.62. The topological polar surface area (TPSA) is 80.6 Å². The lowest BCUT2D eigenvalue weighted by molar-refractivity contribution is -0.125. The van der Waals surface area contributed by atoms with Crippen molar-refractivity contribution in [3.63, 3.8) is 0 Å². The van der Waals surface area contributed by atoms with E-state index in [0.717, 1.165) is 29.2 Å². The molecule has 0 bridgehead atoms. The zero-order valence-corrected chi connectivity index (χ0v) is 16.6. The molecule has 4 rings (SSSR count). The van der Waals surface area contributed by atoms with Crippen molar-refractivity contribution < 1.29 is 18.7 Å². The smallest absolute Gasteiger partial charge is 0.243 e. The van der Waals surface area contributed by atoms with Crippen LogP contribution >= 0.6 is 0 Å². The van der Waals surface area contributed by atoms with Gasteiger partial charge in [0.15, 0.2) is 0 Å². The number of ether oxygens (including phenoxy) is 1. The van der Waals surface area contributed by atoms with E-state index < -0.39 is 0 Å². The minimum Gasteiger partial charge on any atom is -0.495 e. The highest BCUT2D eigenvalue weighted by Crippen LogP contribution is 2.36. The molecule has 0 saturated heterocycles. The Bertz CT molecular complexity index is 1030. The van der Waals surface area contributed by atoms with Crippen molar-refractivity contribution >= 4 is 39.4 Å². The fraction of sp³-hybridized carbons (Fsp3) is 0.391. The second kappa shape index (κ2) is 8.55. The number of methoxy groups -OCH3 is 1. The Hall–Kier alpha value is -3.02. The molecule has 2 aromatic carbocycles. The maximum absolute atomic E-state index is 12.4. The highest BCUT2D eigenvalue weighted by atomic mass is 16.5. The summed E-state index contributed by atoms with van der Waals surface area (Å²) in [5, 5.41) is 7.47. The average molecular weight is 394 g/mol. The maximum Gasteiger partial charge on any atom is 0.243 e. The van der Waals surface area contributed by atoms with Crippen molar-refractivity contribution in [1.29, 1.82) is 0 Å². The van der Waals surface area contributed by atoms with Crippen LogP contribution in [0.25, 0.3) is 21.9 Å². The summed E-state index contributed by atoms with van der Waals surface area (Å²) in [7, 11) is 1.56. The molecule has 0 spiro atoms. The number of rotatable bonds is 6. The number of benzene rings is 2. The molecule has 0 radical (unpaired) electrons. The molecular formula is C23H26N2O4. The monoisotopic (exact) mass is 394 g/mol. The quantitative estimate of drug-likeness (QED) is 0.639. The summed E-state index contributed by atoms with van der Waals surface area (Å²) < 4.78 is 11.3. The molecule has 2 amide bonds. The van der Waals surface area contributed by atoms with Crippen molar-refractivity contribution in [3.8, 4) is 5.75 Å². The number of anilines is 1. The number of nitrogens with one attached hydrogen (secondary N) is 2. The number of hydrogen-bond donors (Lipinski definition) is 2. The van der Waals surface area contributed by atoms with Crippen LogP contribution in [0.3, 0.4) is 0 Å². The number of carbonyl (C=O) groups is 2. The predicted molar refractivity (Wildman–Crippen MR) is 113 cm³/mol. The zero-order chi connectivity index (χ0) is 20.2. The zero-order valence-electron chi connectivity index (χ0n) is 16.6. The summed E-state index contributed by atoms with van der Waals surface area (Å²) in [6.07, 6.45) is 6.37. The van der Waals surface area contributed by atoms with Gasteiger partial charge in [-0.1, -0.05) is 37.5 Å². The van der Waals surface area contributed by atoms with E-state index >= 15 is 0 Å². The van der Waals surface area contributed by atoms with Crippen molar-refractivity contribution in [2.24, 2.45) is 5.92 Å². The Labute approximate surface area is 169 Å². The standard InChI is InChI=1S/C23H26N2O4/c1-28-21-12-17-16-9-5-6-10-19(16)29-20(17)13-18(21)25-23(27)14-24-22(26)11-15-7-3-2-4-8-15/h5-6,9-10,12-13,15H,2-4,7-8,11,14H2,1H3,(H,24,26)(H,25,27). The van der Waals surface area contributed by atoms with Gasteiger partial charge in [0.25, 0.3) is 0 Å². The molecule has 1 aromatic heterocycles. The lowest BCUT2D eigenvalue weighted by Crippen LogP contribution is -2.34. The number of amides is 2. The first-order chi connectivity index (χ1) is 14.1. The van der Waals surface area contributed by atoms with Crippen LogP contribution in [0.5, 0.6) is 5.75 Å². The molecule has 29 heavy (non-hydrogen) atoms. The Morgan fingerprint density at radius 1 is 1.03 bits per heavy atom. The van der Waals surface area contributed by atoms with Crippen LogP contribution in [0.1, 0.15) is 38.5 Å². The van der Waals surface area contributed by atoms with E-state index in [-0.39, 0.29) is 18.4 Å². The number of hydrogen-bond acceptors (Lipinski definition) is 4. The summed E-state index contributed by atoms with van der Waals surface area (Å²) in [6.45, 7) is -0.0626. The van der Waals surface area contributed by atoms with Crippen LogP contribution in [-0.2, 0) is 9.59 Å². The molecule has 0 unspecified atom stereocenters. The van der Waals surface area contributed by atoms with Crippen molar-refractivity contribution in [2.45, 2.75) is 38.5 Å². The van der Waals surface area contributed by atoms with Gasteiger partial charge in [-0.3, -0.25) is 9.59 Å². The first-order valence-corrected chi connectivity index (χ1v) is 10.2. The normalized spacial score (nSPS) is 14.8. The van der Waals surface area contributed by atoms with Gasteiger partial charge in [-0.15, -0.1) is 0 Å². The fourth-order valence-corrected chi connectivity index (χ4v) is 4.12. The Kier molecular flexibility index (Phi) is 5.69. The molecule has 3 aromatic rings. The van der Waals surface area contributed by atoms with Gasteiger partial charge < -0.3 is 19.8 Å². The van der Waals surface area contributed by atoms with Gasteiger partial charge in [0.1, 0.15) is 16.9 Å². The van der Waals surface area contributed by atoms with Crippen molar-refractivity contribution in [3.05, 3.63) is 36.4 Å². The molecule has 1 fully saturated rings. The van der Waals surface area contributed by atoms with Crippen molar-refractivity contribution in [1.82, 2.24) is 5.32 Å². The molecule has 152 valence electrons. The number of furan rings is 1. The minimum atomic E-state index is -0.296. The third kappa shape index (κ3) is 4.36. The van der Waals surface area contributed by atoms with Crippen LogP contribution in [0, 0.1) is 5.92 Å². The van der Waals surface area contributed by atoms with E-state index in [1.807, 2.05) is 30.3 Å². The molecule has 2 N–H and O–H groups in total. The summed E-state index contributed by atoms with van der Waals surface area (Å²) in [4.78, 5) is 24.5. The molecule has 1 saturated carbocycles. The first-order valence-electron chi connectivity index (χ1n) is 10.2. The number of para-hydroxylation sites is 1.